The first-order valence-electron chi connectivity index (χ1n) is 6.02. The summed E-state index contributed by atoms with van der Waals surface area (Å²) in [5, 5.41) is 4.96. The SMILES string of the molecule is Cc1cc(C(=O)N2CC(CBr)OCC2C)n(C)n1. The van der Waals surface area contributed by atoms with Gasteiger partial charge in [-0.25, -0.2) is 0 Å². The Labute approximate surface area is 115 Å². The van der Waals surface area contributed by atoms with E-state index in [2.05, 4.69) is 21.0 Å². The molecule has 18 heavy (non-hydrogen) atoms. The van der Waals surface area contributed by atoms with E-state index in [1.807, 2.05) is 24.8 Å². The molecule has 1 aromatic rings. The zero-order valence-electron chi connectivity index (χ0n) is 10.9. The molecule has 1 saturated heterocycles. The van der Waals surface area contributed by atoms with Crippen LogP contribution in [0.15, 0.2) is 6.07 Å². The van der Waals surface area contributed by atoms with Crippen molar-refractivity contribution in [1.82, 2.24) is 14.7 Å². The topological polar surface area (TPSA) is 47.4 Å². The number of hydrogen-bond donors (Lipinski definition) is 0. The highest BCUT2D eigenvalue weighted by molar-refractivity contribution is 9.09. The molecule has 2 heterocycles. The van der Waals surface area contributed by atoms with Crippen molar-refractivity contribution in [3.63, 3.8) is 0 Å². The molecule has 2 atom stereocenters. The van der Waals surface area contributed by atoms with Crippen molar-refractivity contribution < 1.29 is 9.53 Å². The summed E-state index contributed by atoms with van der Waals surface area (Å²) in [6.07, 6.45) is 0.0690. The van der Waals surface area contributed by atoms with Crippen LogP contribution in [0.4, 0.5) is 0 Å². The number of rotatable bonds is 2. The molecule has 0 saturated carbocycles. The summed E-state index contributed by atoms with van der Waals surface area (Å²) in [6, 6.07) is 1.93. The van der Waals surface area contributed by atoms with E-state index < -0.39 is 0 Å². The number of carbonyl (C=O) groups is 1. The molecule has 0 N–H and O–H groups in total. The van der Waals surface area contributed by atoms with Crippen LogP contribution in [0, 0.1) is 6.92 Å². The molecule has 1 aromatic heterocycles. The van der Waals surface area contributed by atoms with Gasteiger partial charge in [0.15, 0.2) is 0 Å². The van der Waals surface area contributed by atoms with E-state index in [9.17, 15) is 4.79 Å². The van der Waals surface area contributed by atoms with E-state index in [1.54, 1.807) is 11.7 Å². The van der Waals surface area contributed by atoms with Gasteiger partial charge in [-0.3, -0.25) is 9.48 Å². The Balaban J connectivity index is 2.19. The number of carbonyl (C=O) groups excluding carboxylic acids is 1. The molecular weight excluding hydrogens is 298 g/mol. The lowest BCUT2D eigenvalue weighted by atomic mass is 10.2. The summed E-state index contributed by atoms with van der Waals surface area (Å²) in [5.41, 5.74) is 1.49. The summed E-state index contributed by atoms with van der Waals surface area (Å²) < 4.78 is 7.27. The van der Waals surface area contributed by atoms with E-state index in [4.69, 9.17) is 4.74 Å². The van der Waals surface area contributed by atoms with Gasteiger partial charge in [-0.05, 0) is 19.9 Å². The molecule has 0 aromatic carbocycles. The van der Waals surface area contributed by atoms with Crippen LogP contribution in [-0.4, -0.2) is 51.2 Å². The van der Waals surface area contributed by atoms with Crippen LogP contribution < -0.4 is 0 Å². The van der Waals surface area contributed by atoms with E-state index in [0.29, 0.717) is 18.8 Å². The number of hydrogen-bond acceptors (Lipinski definition) is 3. The Morgan fingerprint density at radius 1 is 1.67 bits per heavy atom. The number of halogens is 1. The van der Waals surface area contributed by atoms with Gasteiger partial charge >= 0.3 is 0 Å². The molecule has 1 aliphatic rings. The van der Waals surface area contributed by atoms with Crippen LogP contribution in [0.2, 0.25) is 0 Å². The Bertz CT molecular complexity index is 447. The van der Waals surface area contributed by atoms with Crippen molar-refractivity contribution in [2.24, 2.45) is 7.05 Å². The van der Waals surface area contributed by atoms with Gasteiger partial charge in [0.2, 0.25) is 0 Å². The van der Waals surface area contributed by atoms with Gasteiger partial charge in [-0.15, -0.1) is 0 Å². The lowest BCUT2D eigenvalue weighted by Crippen LogP contribution is -2.51. The number of ether oxygens (including phenoxy) is 1. The highest BCUT2D eigenvalue weighted by Gasteiger charge is 2.31. The minimum Gasteiger partial charge on any atom is -0.373 e. The summed E-state index contributed by atoms with van der Waals surface area (Å²) in [4.78, 5) is 14.4. The zero-order chi connectivity index (χ0) is 13.3. The lowest BCUT2D eigenvalue weighted by Gasteiger charge is -2.37. The van der Waals surface area contributed by atoms with Gasteiger partial charge in [-0.1, -0.05) is 15.9 Å². The second-order valence-corrected chi connectivity index (χ2v) is 5.36. The lowest BCUT2D eigenvalue weighted by molar-refractivity contribution is -0.0365. The number of morpholine rings is 1. The summed E-state index contributed by atoms with van der Waals surface area (Å²) >= 11 is 3.40. The Kier molecular flexibility index (Phi) is 4.07. The molecular formula is C12H18BrN3O2. The number of amides is 1. The summed E-state index contributed by atoms with van der Waals surface area (Å²) in [6.45, 7) is 5.10. The molecule has 2 unspecified atom stereocenters. The first kappa shape index (κ1) is 13.5. The van der Waals surface area contributed by atoms with Crippen LogP contribution in [-0.2, 0) is 11.8 Å². The van der Waals surface area contributed by atoms with Crippen LogP contribution >= 0.6 is 15.9 Å². The Morgan fingerprint density at radius 2 is 2.39 bits per heavy atom. The molecule has 5 nitrogen and oxygen atoms in total. The molecule has 0 aliphatic carbocycles. The number of nitrogens with zero attached hydrogens (tertiary/aromatic N) is 3. The van der Waals surface area contributed by atoms with Crippen molar-refractivity contribution in [3.8, 4) is 0 Å². The van der Waals surface area contributed by atoms with Gasteiger partial charge < -0.3 is 9.64 Å². The predicted molar refractivity (Wildman–Crippen MR) is 72.0 cm³/mol. The normalized spacial score (nSPS) is 24.3. The Morgan fingerprint density at radius 3 is 2.94 bits per heavy atom. The van der Waals surface area contributed by atoms with Crippen molar-refractivity contribution in [3.05, 3.63) is 17.5 Å². The maximum absolute atomic E-state index is 12.5. The molecule has 1 fully saturated rings. The third-order valence-corrected chi connectivity index (χ3v) is 3.88. The zero-order valence-corrected chi connectivity index (χ0v) is 12.5. The van der Waals surface area contributed by atoms with Gasteiger partial charge in [0.1, 0.15) is 5.69 Å². The van der Waals surface area contributed by atoms with Gasteiger partial charge in [0, 0.05) is 18.9 Å². The standard InChI is InChI=1S/C12H18BrN3O2/c1-8-4-11(15(3)14-8)12(17)16-6-10(5-13)18-7-9(16)2/h4,9-10H,5-7H2,1-3H3. The number of aryl methyl sites for hydroxylation is 2. The average Bonchev–Trinajstić information content (AvgIpc) is 2.68. The molecule has 1 aliphatic heterocycles. The summed E-state index contributed by atoms with van der Waals surface area (Å²) in [5.74, 6) is 0.0276. The third-order valence-electron chi connectivity index (χ3n) is 3.16. The van der Waals surface area contributed by atoms with Crippen LogP contribution in [0.3, 0.4) is 0 Å². The van der Waals surface area contributed by atoms with E-state index in [0.717, 1.165) is 11.0 Å². The predicted octanol–water partition coefficient (Wildman–Crippen LogP) is 1.35. The van der Waals surface area contributed by atoms with E-state index >= 15 is 0 Å². The second-order valence-electron chi connectivity index (χ2n) is 4.71. The maximum Gasteiger partial charge on any atom is 0.272 e. The first-order chi connectivity index (χ1) is 8.52. The third kappa shape index (κ3) is 2.59. The number of alkyl halides is 1. The van der Waals surface area contributed by atoms with Crippen molar-refractivity contribution >= 4 is 21.8 Å². The fourth-order valence-electron chi connectivity index (χ4n) is 2.15. The van der Waals surface area contributed by atoms with Crippen LogP contribution in [0.25, 0.3) is 0 Å². The highest BCUT2D eigenvalue weighted by Crippen LogP contribution is 2.17. The molecule has 0 radical (unpaired) electrons. The number of aromatic nitrogens is 2. The van der Waals surface area contributed by atoms with Crippen LogP contribution in [0.1, 0.15) is 23.1 Å². The van der Waals surface area contributed by atoms with Crippen molar-refractivity contribution in [1.29, 1.82) is 0 Å². The van der Waals surface area contributed by atoms with Gasteiger partial charge in [-0.2, -0.15) is 5.10 Å². The molecule has 100 valence electrons. The van der Waals surface area contributed by atoms with Gasteiger partial charge in [0.25, 0.3) is 5.91 Å². The van der Waals surface area contributed by atoms with Crippen molar-refractivity contribution in [2.45, 2.75) is 26.0 Å². The quantitative estimate of drug-likeness (QED) is 0.774. The average molecular weight is 316 g/mol. The highest BCUT2D eigenvalue weighted by atomic mass is 79.9. The second kappa shape index (κ2) is 5.40. The maximum atomic E-state index is 12.5. The minimum absolute atomic E-state index is 0.0276. The monoisotopic (exact) mass is 315 g/mol. The fourth-order valence-corrected chi connectivity index (χ4v) is 2.54. The summed E-state index contributed by atoms with van der Waals surface area (Å²) in [7, 11) is 1.80. The van der Waals surface area contributed by atoms with Gasteiger partial charge in [0.05, 0.1) is 24.4 Å². The van der Waals surface area contributed by atoms with E-state index in [-0.39, 0.29) is 18.1 Å². The molecule has 0 spiro atoms. The molecule has 0 bridgehead atoms. The smallest absolute Gasteiger partial charge is 0.272 e. The minimum atomic E-state index is 0.0276. The van der Waals surface area contributed by atoms with E-state index in [1.165, 1.54) is 0 Å². The molecule has 1 amide bonds. The van der Waals surface area contributed by atoms with Crippen LogP contribution in [0.5, 0.6) is 0 Å². The first-order valence-corrected chi connectivity index (χ1v) is 7.14. The largest absolute Gasteiger partial charge is 0.373 e. The van der Waals surface area contributed by atoms with Crippen molar-refractivity contribution in [2.75, 3.05) is 18.5 Å². The molecule has 2 rings (SSSR count). The fraction of sp³-hybridized carbons (Fsp3) is 0.667. The molecule has 6 heteroatoms. The Hall–Kier alpha value is -0.880.